The standard InChI is InChI=1S/C13H16BrFO3S/c14-10-5-9(6-11(15)8-10)7-12(16)13-3-1-2-4-19(13,17)18/h5-6,8,12-13,16H,1-4,7H2. The number of aliphatic hydroxyl groups is 1. The zero-order valence-corrected chi connectivity index (χ0v) is 12.8. The number of rotatable bonds is 3. The van der Waals surface area contributed by atoms with Crippen molar-refractivity contribution in [1.29, 1.82) is 0 Å². The molecular formula is C13H16BrFO3S. The molecule has 6 heteroatoms. The van der Waals surface area contributed by atoms with E-state index in [0.29, 0.717) is 22.9 Å². The van der Waals surface area contributed by atoms with E-state index >= 15 is 0 Å². The summed E-state index contributed by atoms with van der Waals surface area (Å²) in [4.78, 5) is 0. The van der Waals surface area contributed by atoms with Gasteiger partial charge >= 0.3 is 0 Å². The average Bonchev–Trinajstić information content (AvgIpc) is 2.26. The van der Waals surface area contributed by atoms with Crippen LogP contribution in [0.25, 0.3) is 0 Å². The normalized spacial score (nSPS) is 24.1. The topological polar surface area (TPSA) is 54.4 Å². The molecule has 2 rings (SSSR count). The van der Waals surface area contributed by atoms with Crippen molar-refractivity contribution in [3.63, 3.8) is 0 Å². The quantitative estimate of drug-likeness (QED) is 0.910. The Hall–Kier alpha value is -0.460. The second kappa shape index (κ2) is 5.89. The van der Waals surface area contributed by atoms with Crippen LogP contribution in [0.4, 0.5) is 4.39 Å². The molecule has 1 heterocycles. The van der Waals surface area contributed by atoms with Gasteiger partial charge in [0, 0.05) is 4.47 Å². The van der Waals surface area contributed by atoms with Crippen molar-refractivity contribution in [2.75, 3.05) is 5.75 Å². The van der Waals surface area contributed by atoms with E-state index in [1.165, 1.54) is 12.1 Å². The van der Waals surface area contributed by atoms with Gasteiger partial charge in [0.2, 0.25) is 0 Å². The number of aliphatic hydroxyl groups excluding tert-OH is 1. The van der Waals surface area contributed by atoms with Crippen LogP contribution in [-0.2, 0) is 16.3 Å². The fraction of sp³-hybridized carbons (Fsp3) is 0.538. The number of hydrogen-bond donors (Lipinski definition) is 1. The van der Waals surface area contributed by atoms with Crippen LogP contribution in [0.2, 0.25) is 0 Å². The van der Waals surface area contributed by atoms with Crippen LogP contribution < -0.4 is 0 Å². The minimum atomic E-state index is -3.22. The van der Waals surface area contributed by atoms with E-state index in [1.54, 1.807) is 6.07 Å². The van der Waals surface area contributed by atoms with E-state index in [-0.39, 0.29) is 12.2 Å². The summed E-state index contributed by atoms with van der Waals surface area (Å²) in [6, 6.07) is 4.35. The van der Waals surface area contributed by atoms with E-state index in [1.807, 2.05) is 0 Å². The van der Waals surface area contributed by atoms with E-state index in [0.717, 1.165) is 6.42 Å². The maximum Gasteiger partial charge on any atom is 0.155 e. The highest BCUT2D eigenvalue weighted by Crippen LogP contribution is 2.25. The molecule has 2 atom stereocenters. The molecule has 2 unspecified atom stereocenters. The summed E-state index contributed by atoms with van der Waals surface area (Å²) in [6.07, 6.45) is 1.14. The van der Waals surface area contributed by atoms with Crippen LogP contribution in [0.15, 0.2) is 22.7 Å². The minimum absolute atomic E-state index is 0.140. The van der Waals surface area contributed by atoms with Gasteiger partial charge in [0.05, 0.1) is 17.1 Å². The maximum atomic E-state index is 13.2. The molecule has 3 nitrogen and oxygen atoms in total. The summed E-state index contributed by atoms with van der Waals surface area (Å²) in [5, 5.41) is 9.41. The molecule has 0 aromatic heterocycles. The monoisotopic (exact) mass is 350 g/mol. The lowest BCUT2D eigenvalue weighted by Crippen LogP contribution is -2.39. The fourth-order valence-electron chi connectivity index (χ4n) is 2.51. The minimum Gasteiger partial charge on any atom is -0.391 e. The molecule has 0 radical (unpaired) electrons. The Morgan fingerprint density at radius 3 is 2.74 bits per heavy atom. The van der Waals surface area contributed by atoms with E-state index < -0.39 is 27.0 Å². The second-order valence-electron chi connectivity index (χ2n) is 4.95. The van der Waals surface area contributed by atoms with Crippen molar-refractivity contribution < 1.29 is 17.9 Å². The van der Waals surface area contributed by atoms with Crippen molar-refractivity contribution in [2.45, 2.75) is 37.0 Å². The molecule has 1 aromatic carbocycles. The molecule has 0 bridgehead atoms. The molecule has 19 heavy (non-hydrogen) atoms. The first-order valence-electron chi connectivity index (χ1n) is 6.23. The summed E-state index contributed by atoms with van der Waals surface area (Å²) < 4.78 is 37.6. The highest BCUT2D eigenvalue weighted by Gasteiger charge is 2.34. The Labute approximate surface area is 120 Å². The molecule has 0 spiro atoms. The highest BCUT2D eigenvalue weighted by molar-refractivity contribution is 9.10. The summed E-state index contributed by atoms with van der Waals surface area (Å²) >= 11 is 3.18. The summed E-state index contributed by atoms with van der Waals surface area (Å²) in [5.74, 6) is -0.259. The van der Waals surface area contributed by atoms with Gasteiger partial charge < -0.3 is 5.11 Å². The first-order valence-corrected chi connectivity index (χ1v) is 8.74. The Balaban J connectivity index is 2.14. The van der Waals surface area contributed by atoms with Crippen molar-refractivity contribution in [3.8, 4) is 0 Å². The van der Waals surface area contributed by atoms with Gasteiger partial charge in [-0.1, -0.05) is 22.4 Å². The van der Waals surface area contributed by atoms with Gasteiger partial charge in [0.1, 0.15) is 5.82 Å². The van der Waals surface area contributed by atoms with Crippen molar-refractivity contribution in [2.24, 2.45) is 0 Å². The van der Waals surface area contributed by atoms with Crippen molar-refractivity contribution in [1.82, 2.24) is 0 Å². The third kappa shape index (κ3) is 3.77. The molecule has 106 valence electrons. The van der Waals surface area contributed by atoms with Gasteiger partial charge in [0.15, 0.2) is 9.84 Å². The van der Waals surface area contributed by atoms with Crippen LogP contribution >= 0.6 is 15.9 Å². The smallest absolute Gasteiger partial charge is 0.155 e. The zero-order chi connectivity index (χ0) is 14.0. The van der Waals surface area contributed by atoms with Gasteiger partial charge in [-0.25, -0.2) is 12.8 Å². The first-order chi connectivity index (χ1) is 8.88. The Morgan fingerprint density at radius 2 is 2.11 bits per heavy atom. The lowest BCUT2D eigenvalue weighted by atomic mass is 10.0. The molecular weight excluding hydrogens is 335 g/mol. The Bertz CT molecular complexity index is 539. The van der Waals surface area contributed by atoms with Gasteiger partial charge in [-0.15, -0.1) is 0 Å². The van der Waals surface area contributed by atoms with Crippen molar-refractivity contribution in [3.05, 3.63) is 34.1 Å². The third-order valence-corrected chi connectivity index (χ3v) is 6.21. The van der Waals surface area contributed by atoms with Crippen LogP contribution in [0, 0.1) is 5.82 Å². The Kier molecular flexibility index (Phi) is 4.63. The lowest BCUT2D eigenvalue weighted by molar-refractivity contribution is 0.162. The molecule has 1 aliphatic rings. The summed E-state index contributed by atoms with van der Waals surface area (Å²) in [6.45, 7) is 0. The van der Waals surface area contributed by atoms with Gasteiger partial charge in [-0.05, 0) is 43.0 Å². The van der Waals surface area contributed by atoms with Gasteiger partial charge in [-0.3, -0.25) is 0 Å². The predicted octanol–water partition coefficient (Wildman–Crippen LogP) is 2.46. The largest absolute Gasteiger partial charge is 0.391 e. The van der Waals surface area contributed by atoms with Crippen LogP contribution in [0.5, 0.6) is 0 Å². The molecule has 0 amide bonds. The first kappa shape index (κ1) is 14.9. The SMILES string of the molecule is O=S1(=O)CCCCC1C(O)Cc1cc(F)cc(Br)c1. The molecule has 1 aromatic rings. The maximum absolute atomic E-state index is 13.2. The second-order valence-corrected chi connectivity index (χ2v) is 8.21. The predicted molar refractivity (Wildman–Crippen MR) is 75.2 cm³/mol. The molecule has 0 saturated carbocycles. The van der Waals surface area contributed by atoms with Crippen molar-refractivity contribution >= 4 is 25.8 Å². The molecule has 1 aliphatic heterocycles. The zero-order valence-electron chi connectivity index (χ0n) is 10.4. The van der Waals surface area contributed by atoms with E-state index in [4.69, 9.17) is 0 Å². The van der Waals surface area contributed by atoms with E-state index in [9.17, 15) is 17.9 Å². The van der Waals surface area contributed by atoms with Gasteiger partial charge in [0.25, 0.3) is 0 Å². The van der Waals surface area contributed by atoms with Gasteiger partial charge in [-0.2, -0.15) is 0 Å². The number of halogens is 2. The third-order valence-electron chi connectivity index (χ3n) is 3.43. The molecule has 1 saturated heterocycles. The van der Waals surface area contributed by atoms with E-state index in [2.05, 4.69) is 15.9 Å². The summed E-state index contributed by atoms with van der Waals surface area (Å²) in [7, 11) is -3.22. The lowest BCUT2D eigenvalue weighted by Gasteiger charge is -2.26. The Morgan fingerprint density at radius 1 is 1.37 bits per heavy atom. The van der Waals surface area contributed by atoms with Crippen LogP contribution in [-0.4, -0.2) is 30.6 Å². The fourth-order valence-corrected chi connectivity index (χ4v) is 5.04. The molecule has 0 aliphatic carbocycles. The number of sulfone groups is 1. The summed E-state index contributed by atoms with van der Waals surface area (Å²) in [5.41, 5.74) is 0.597. The molecule has 1 N–H and O–H groups in total. The molecule has 1 fully saturated rings. The van der Waals surface area contributed by atoms with Crippen LogP contribution in [0.1, 0.15) is 24.8 Å². The number of benzene rings is 1. The van der Waals surface area contributed by atoms with Crippen LogP contribution in [0.3, 0.4) is 0 Å². The average molecular weight is 351 g/mol. The number of hydrogen-bond acceptors (Lipinski definition) is 3. The highest BCUT2D eigenvalue weighted by atomic mass is 79.9.